The number of hydrogen-bond acceptors (Lipinski definition) is 4. The Morgan fingerprint density at radius 2 is 1.33 bits per heavy atom. The summed E-state index contributed by atoms with van der Waals surface area (Å²) in [6.07, 6.45) is 0. The molecular weight excluding hydrogens is 288 g/mol. The van der Waals surface area contributed by atoms with E-state index in [1.807, 2.05) is 30.3 Å². The molecule has 0 unspecified atom stereocenters. The average molecular weight is 306 g/mol. The maximum Gasteiger partial charge on any atom is 0.297 e. The maximum absolute atomic E-state index is 12.1. The minimum absolute atomic E-state index is 0.109. The van der Waals surface area contributed by atoms with Crippen LogP contribution in [0, 0.1) is 0 Å². The Bertz CT molecular complexity index is 683. The van der Waals surface area contributed by atoms with E-state index in [0.717, 1.165) is 0 Å². The standard InChI is InChI=1S/C16H18O4S/c1-16(2,3)20-21(17,18)15-11-9-14(10-12-15)19-13-7-5-4-6-8-13/h4-12H,1-3H3. The zero-order valence-corrected chi connectivity index (χ0v) is 13.1. The molecule has 0 heterocycles. The van der Waals surface area contributed by atoms with Crippen LogP contribution < -0.4 is 4.74 Å². The third kappa shape index (κ3) is 4.58. The zero-order valence-electron chi connectivity index (χ0n) is 12.2. The van der Waals surface area contributed by atoms with E-state index < -0.39 is 15.7 Å². The monoisotopic (exact) mass is 306 g/mol. The molecule has 0 amide bonds. The van der Waals surface area contributed by atoms with Gasteiger partial charge in [0.25, 0.3) is 10.1 Å². The third-order valence-electron chi connectivity index (χ3n) is 2.45. The van der Waals surface area contributed by atoms with E-state index in [4.69, 9.17) is 8.92 Å². The summed E-state index contributed by atoms with van der Waals surface area (Å²) in [4.78, 5) is 0.109. The Kier molecular flexibility index (Phi) is 4.34. The van der Waals surface area contributed by atoms with Crippen LogP contribution in [0.25, 0.3) is 0 Å². The molecule has 0 saturated carbocycles. The van der Waals surface area contributed by atoms with Gasteiger partial charge in [-0.3, -0.25) is 4.18 Å². The summed E-state index contributed by atoms with van der Waals surface area (Å²) < 4.78 is 34.8. The molecule has 0 aliphatic heterocycles. The molecule has 21 heavy (non-hydrogen) atoms. The van der Waals surface area contributed by atoms with E-state index >= 15 is 0 Å². The van der Waals surface area contributed by atoms with Crippen LogP contribution in [0.1, 0.15) is 20.8 Å². The maximum atomic E-state index is 12.1. The van der Waals surface area contributed by atoms with Crippen LogP contribution in [0.4, 0.5) is 0 Å². The summed E-state index contributed by atoms with van der Waals surface area (Å²) in [6.45, 7) is 5.08. The Hall–Kier alpha value is -1.85. The molecule has 0 atom stereocenters. The molecule has 0 saturated heterocycles. The van der Waals surface area contributed by atoms with Gasteiger partial charge in [-0.15, -0.1) is 0 Å². The average Bonchev–Trinajstić information content (AvgIpc) is 2.38. The molecule has 112 valence electrons. The van der Waals surface area contributed by atoms with Crippen LogP contribution >= 0.6 is 0 Å². The van der Waals surface area contributed by atoms with Gasteiger partial charge in [0.05, 0.1) is 10.5 Å². The van der Waals surface area contributed by atoms with Gasteiger partial charge in [0.15, 0.2) is 0 Å². The van der Waals surface area contributed by atoms with Gasteiger partial charge in [-0.2, -0.15) is 8.42 Å². The number of benzene rings is 2. The second-order valence-corrected chi connectivity index (χ2v) is 7.08. The Morgan fingerprint density at radius 1 is 0.810 bits per heavy atom. The van der Waals surface area contributed by atoms with E-state index in [1.54, 1.807) is 32.9 Å². The normalized spacial score (nSPS) is 12.1. The lowest BCUT2D eigenvalue weighted by Gasteiger charge is -2.18. The van der Waals surface area contributed by atoms with Crippen LogP contribution in [-0.2, 0) is 14.3 Å². The molecule has 2 aromatic carbocycles. The highest BCUT2D eigenvalue weighted by atomic mass is 32.2. The van der Waals surface area contributed by atoms with Crippen LogP contribution in [0.5, 0.6) is 11.5 Å². The Balaban J connectivity index is 2.16. The first-order chi connectivity index (χ1) is 9.76. The van der Waals surface area contributed by atoms with Crippen LogP contribution in [0.15, 0.2) is 59.5 Å². The fourth-order valence-corrected chi connectivity index (χ4v) is 2.90. The lowest BCUT2D eigenvalue weighted by molar-refractivity contribution is 0.139. The van der Waals surface area contributed by atoms with Crippen molar-refractivity contribution in [3.63, 3.8) is 0 Å². The molecule has 0 aromatic heterocycles. The fourth-order valence-electron chi connectivity index (χ4n) is 1.68. The topological polar surface area (TPSA) is 52.6 Å². The van der Waals surface area contributed by atoms with Crippen molar-refractivity contribution < 1.29 is 17.3 Å². The highest BCUT2D eigenvalue weighted by molar-refractivity contribution is 7.86. The molecule has 2 aromatic rings. The van der Waals surface area contributed by atoms with Crippen LogP contribution in [0.2, 0.25) is 0 Å². The quantitative estimate of drug-likeness (QED) is 0.802. The molecule has 4 nitrogen and oxygen atoms in total. The molecule has 5 heteroatoms. The van der Waals surface area contributed by atoms with Gasteiger partial charge in [-0.05, 0) is 57.2 Å². The Morgan fingerprint density at radius 3 is 1.86 bits per heavy atom. The fraction of sp³-hybridized carbons (Fsp3) is 0.250. The van der Waals surface area contributed by atoms with Crippen molar-refractivity contribution in [1.29, 1.82) is 0 Å². The molecule has 0 aliphatic carbocycles. The number of ether oxygens (including phenoxy) is 1. The number of hydrogen-bond donors (Lipinski definition) is 0. The molecule has 0 radical (unpaired) electrons. The molecule has 0 aliphatic rings. The largest absolute Gasteiger partial charge is 0.457 e. The lowest BCUT2D eigenvalue weighted by atomic mass is 10.2. The van der Waals surface area contributed by atoms with E-state index in [0.29, 0.717) is 11.5 Å². The third-order valence-corrected chi connectivity index (χ3v) is 4.02. The molecular formula is C16H18O4S. The molecule has 0 bridgehead atoms. The molecule has 0 fully saturated rings. The van der Waals surface area contributed by atoms with Crippen molar-refractivity contribution in [2.45, 2.75) is 31.3 Å². The second kappa shape index (κ2) is 5.87. The predicted octanol–water partition coefficient (Wildman–Crippen LogP) is 3.98. The lowest BCUT2D eigenvalue weighted by Crippen LogP contribution is -2.24. The van der Waals surface area contributed by atoms with Gasteiger partial charge < -0.3 is 4.74 Å². The summed E-state index contributed by atoms with van der Waals surface area (Å²) in [7, 11) is -3.76. The summed E-state index contributed by atoms with van der Waals surface area (Å²) in [5.41, 5.74) is -0.766. The van der Waals surface area contributed by atoms with E-state index in [2.05, 4.69) is 0 Å². The van der Waals surface area contributed by atoms with E-state index in [9.17, 15) is 8.42 Å². The van der Waals surface area contributed by atoms with Gasteiger partial charge in [0.2, 0.25) is 0 Å². The minimum Gasteiger partial charge on any atom is -0.457 e. The van der Waals surface area contributed by atoms with Gasteiger partial charge in [0, 0.05) is 0 Å². The van der Waals surface area contributed by atoms with Gasteiger partial charge in [-0.1, -0.05) is 18.2 Å². The van der Waals surface area contributed by atoms with Crippen molar-refractivity contribution in [2.75, 3.05) is 0 Å². The minimum atomic E-state index is -3.76. The van der Waals surface area contributed by atoms with E-state index in [1.165, 1.54) is 12.1 Å². The van der Waals surface area contributed by atoms with Gasteiger partial charge >= 0.3 is 0 Å². The highest BCUT2D eigenvalue weighted by Crippen LogP contribution is 2.25. The Labute approximate surface area is 125 Å². The van der Waals surface area contributed by atoms with Crippen LogP contribution in [0.3, 0.4) is 0 Å². The number of para-hydroxylation sites is 1. The second-order valence-electron chi connectivity index (χ2n) is 5.54. The van der Waals surface area contributed by atoms with Crippen molar-refractivity contribution in [1.82, 2.24) is 0 Å². The molecule has 2 rings (SSSR count). The first-order valence-electron chi connectivity index (χ1n) is 6.55. The highest BCUT2D eigenvalue weighted by Gasteiger charge is 2.23. The molecule has 0 spiro atoms. The predicted molar refractivity (Wildman–Crippen MR) is 81.0 cm³/mol. The summed E-state index contributed by atoms with van der Waals surface area (Å²) in [5.74, 6) is 1.26. The summed E-state index contributed by atoms with van der Waals surface area (Å²) >= 11 is 0. The van der Waals surface area contributed by atoms with Crippen molar-refractivity contribution in [3.8, 4) is 11.5 Å². The SMILES string of the molecule is CC(C)(C)OS(=O)(=O)c1ccc(Oc2ccccc2)cc1. The van der Waals surface area contributed by atoms with Crippen molar-refractivity contribution in [3.05, 3.63) is 54.6 Å². The smallest absolute Gasteiger partial charge is 0.297 e. The number of rotatable bonds is 4. The first-order valence-corrected chi connectivity index (χ1v) is 7.96. The van der Waals surface area contributed by atoms with Gasteiger partial charge in [0.1, 0.15) is 11.5 Å². The van der Waals surface area contributed by atoms with Gasteiger partial charge in [-0.25, -0.2) is 0 Å². The zero-order chi connectivity index (χ0) is 15.5. The molecule has 0 N–H and O–H groups in total. The first kappa shape index (κ1) is 15.5. The van der Waals surface area contributed by atoms with Crippen LogP contribution in [-0.4, -0.2) is 14.0 Å². The summed E-state index contributed by atoms with van der Waals surface area (Å²) in [5, 5.41) is 0. The van der Waals surface area contributed by atoms with Crippen molar-refractivity contribution in [2.24, 2.45) is 0 Å². The van der Waals surface area contributed by atoms with E-state index in [-0.39, 0.29) is 4.90 Å². The van der Waals surface area contributed by atoms with Crippen molar-refractivity contribution >= 4 is 10.1 Å². The summed E-state index contributed by atoms with van der Waals surface area (Å²) in [6, 6.07) is 15.4.